The number of phenolic OH excluding ortho intramolecular Hbond substituents is 1. The molecule has 3 nitrogen and oxygen atoms in total. The van der Waals surface area contributed by atoms with Crippen molar-refractivity contribution in [2.75, 3.05) is 11.4 Å². The average Bonchev–Trinajstić information content (AvgIpc) is 2.49. The van der Waals surface area contributed by atoms with Crippen LogP contribution in [0, 0.1) is 12.7 Å². The highest BCUT2D eigenvalue weighted by molar-refractivity contribution is 6.07. The molecule has 0 radical (unpaired) electrons. The molecule has 0 aliphatic carbocycles. The van der Waals surface area contributed by atoms with Crippen molar-refractivity contribution in [3.05, 3.63) is 58.9 Å². The van der Waals surface area contributed by atoms with Gasteiger partial charge in [-0.15, -0.1) is 0 Å². The molecule has 0 saturated carbocycles. The van der Waals surface area contributed by atoms with Gasteiger partial charge in [0.15, 0.2) is 0 Å². The van der Waals surface area contributed by atoms with Gasteiger partial charge in [-0.05, 0) is 43.5 Å². The number of amides is 1. The number of carbonyl (C=O) groups is 1. The van der Waals surface area contributed by atoms with Gasteiger partial charge in [0.05, 0.1) is 11.3 Å². The van der Waals surface area contributed by atoms with E-state index in [9.17, 15) is 14.3 Å². The Bertz CT molecular complexity index is 712. The van der Waals surface area contributed by atoms with Gasteiger partial charge >= 0.3 is 0 Å². The molecule has 1 aliphatic rings. The molecule has 0 saturated heterocycles. The number of nitrogens with zero attached hydrogens (tertiary/aromatic N) is 1. The van der Waals surface area contributed by atoms with Crippen molar-refractivity contribution in [2.45, 2.75) is 19.8 Å². The van der Waals surface area contributed by atoms with Gasteiger partial charge in [0, 0.05) is 6.54 Å². The zero-order valence-corrected chi connectivity index (χ0v) is 11.8. The molecule has 2 aromatic carbocycles. The van der Waals surface area contributed by atoms with Crippen molar-refractivity contribution in [1.29, 1.82) is 0 Å². The normalized spacial score (nSPS) is 13.9. The number of aryl methyl sites for hydroxylation is 2. The van der Waals surface area contributed by atoms with Crippen molar-refractivity contribution in [1.82, 2.24) is 0 Å². The largest absolute Gasteiger partial charge is 0.506 e. The number of phenols is 1. The predicted octanol–water partition coefficient (Wildman–Crippen LogP) is 3.43. The molecule has 1 heterocycles. The second-order valence-electron chi connectivity index (χ2n) is 5.33. The van der Waals surface area contributed by atoms with Gasteiger partial charge in [0.1, 0.15) is 11.6 Å². The molecular formula is C17H16FNO2. The molecule has 108 valence electrons. The molecule has 4 heteroatoms. The van der Waals surface area contributed by atoms with E-state index < -0.39 is 11.7 Å². The third-order valence-corrected chi connectivity index (χ3v) is 3.79. The maximum absolute atomic E-state index is 13.9. The van der Waals surface area contributed by atoms with Crippen LogP contribution in [0.3, 0.4) is 0 Å². The second-order valence-corrected chi connectivity index (χ2v) is 5.33. The van der Waals surface area contributed by atoms with E-state index in [-0.39, 0.29) is 11.3 Å². The van der Waals surface area contributed by atoms with E-state index in [0.29, 0.717) is 12.2 Å². The van der Waals surface area contributed by atoms with Crippen molar-refractivity contribution in [3.8, 4) is 5.75 Å². The fourth-order valence-corrected chi connectivity index (χ4v) is 2.78. The zero-order valence-electron chi connectivity index (χ0n) is 11.8. The Balaban J connectivity index is 2.06. The molecule has 1 N–H and O–H groups in total. The van der Waals surface area contributed by atoms with Gasteiger partial charge < -0.3 is 10.0 Å². The van der Waals surface area contributed by atoms with Crippen LogP contribution in [0.5, 0.6) is 5.75 Å². The Morgan fingerprint density at radius 2 is 2.10 bits per heavy atom. The number of hydrogen-bond donors (Lipinski definition) is 1. The fraction of sp³-hybridized carbons (Fsp3) is 0.235. The van der Waals surface area contributed by atoms with Crippen LogP contribution in [0.4, 0.5) is 10.1 Å². The lowest BCUT2D eigenvalue weighted by Gasteiger charge is -2.30. The first-order valence-corrected chi connectivity index (χ1v) is 6.97. The van der Waals surface area contributed by atoms with Crippen LogP contribution in [0.15, 0.2) is 36.4 Å². The molecule has 2 aromatic rings. The van der Waals surface area contributed by atoms with Crippen LogP contribution in [0.2, 0.25) is 0 Å². The lowest BCUT2D eigenvalue weighted by Crippen LogP contribution is -2.36. The van der Waals surface area contributed by atoms with Crippen molar-refractivity contribution < 1.29 is 14.3 Å². The minimum absolute atomic E-state index is 0.0473. The lowest BCUT2D eigenvalue weighted by atomic mass is 9.99. The van der Waals surface area contributed by atoms with E-state index in [2.05, 4.69) is 0 Å². The fourth-order valence-electron chi connectivity index (χ4n) is 2.78. The number of anilines is 1. The highest BCUT2D eigenvalue weighted by Gasteiger charge is 2.27. The third-order valence-electron chi connectivity index (χ3n) is 3.79. The van der Waals surface area contributed by atoms with Crippen LogP contribution in [0.1, 0.15) is 27.9 Å². The van der Waals surface area contributed by atoms with E-state index in [0.717, 1.165) is 24.0 Å². The molecule has 21 heavy (non-hydrogen) atoms. The second kappa shape index (κ2) is 5.20. The molecular weight excluding hydrogens is 269 g/mol. The monoisotopic (exact) mass is 285 g/mol. The molecule has 0 unspecified atom stereocenters. The summed E-state index contributed by atoms with van der Waals surface area (Å²) >= 11 is 0. The molecule has 0 aromatic heterocycles. The van der Waals surface area contributed by atoms with E-state index >= 15 is 0 Å². The van der Waals surface area contributed by atoms with Gasteiger partial charge in [-0.1, -0.05) is 23.8 Å². The lowest BCUT2D eigenvalue weighted by molar-refractivity contribution is 0.0980. The van der Waals surface area contributed by atoms with Crippen LogP contribution in [-0.2, 0) is 6.42 Å². The number of hydrogen-bond acceptors (Lipinski definition) is 2. The summed E-state index contributed by atoms with van der Waals surface area (Å²) in [5, 5.41) is 10.1. The zero-order chi connectivity index (χ0) is 15.0. The number of benzene rings is 2. The van der Waals surface area contributed by atoms with Crippen molar-refractivity contribution >= 4 is 11.6 Å². The SMILES string of the molecule is Cc1ccc(F)c(C(=O)N2CCCc3cccc(O)c32)c1. The quantitative estimate of drug-likeness (QED) is 0.872. The van der Waals surface area contributed by atoms with E-state index in [1.807, 2.05) is 13.0 Å². The molecule has 1 aliphatic heterocycles. The summed E-state index contributed by atoms with van der Waals surface area (Å²) in [6.07, 6.45) is 1.61. The minimum atomic E-state index is -0.534. The van der Waals surface area contributed by atoms with Crippen molar-refractivity contribution in [2.24, 2.45) is 0 Å². The number of rotatable bonds is 1. The molecule has 0 spiro atoms. The summed E-state index contributed by atoms with van der Waals surface area (Å²) in [4.78, 5) is 14.1. The number of carbonyl (C=O) groups excluding carboxylic acids is 1. The Morgan fingerprint density at radius 1 is 1.29 bits per heavy atom. The van der Waals surface area contributed by atoms with Gasteiger partial charge in [-0.3, -0.25) is 4.79 Å². The number of para-hydroxylation sites is 1. The van der Waals surface area contributed by atoms with Crippen LogP contribution in [0.25, 0.3) is 0 Å². The van der Waals surface area contributed by atoms with Gasteiger partial charge in [-0.25, -0.2) is 4.39 Å². The van der Waals surface area contributed by atoms with Crippen LogP contribution in [-0.4, -0.2) is 17.6 Å². The summed E-state index contributed by atoms with van der Waals surface area (Å²) < 4.78 is 13.9. The van der Waals surface area contributed by atoms with E-state index in [4.69, 9.17) is 0 Å². The average molecular weight is 285 g/mol. The van der Waals surface area contributed by atoms with E-state index in [1.165, 1.54) is 11.0 Å². The first-order valence-electron chi connectivity index (χ1n) is 6.97. The van der Waals surface area contributed by atoms with Gasteiger partial charge in [0.25, 0.3) is 5.91 Å². The van der Waals surface area contributed by atoms with Gasteiger partial charge in [0.2, 0.25) is 0 Å². The predicted molar refractivity (Wildman–Crippen MR) is 79.2 cm³/mol. The molecule has 0 fully saturated rings. The summed E-state index contributed by atoms with van der Waals surface area (Å²) in [7, 11) is 0. The van der Waals surface area contributed by atoms with Crippen LogP contribution < -0.4 is 4.90 Å². The Morgan fingerprint density at radius 3 is 2.90 bits per heavy atom. The van der Waals surface area contributed by atoms with Crippen LogP contribution >= 0.6 is 0 Å². The Labute approximate surface area is 122 Å². The highest BCUT2D eigenvalue weighted by Crippen LogP contribution is 2.36. The maximum atomic E-state index is 13.9. The smallest absolute Gasteiger partial charge is 0.261 e. The number of halogens is 1. The maximum Gasteiger partial charge on any atom is 0.261 e. The Kier molecular flexibility index (Phi) is 3.37. The summed E-state index contributed by atoms with van der Waals surface area (Å²) in [5.74, 6) is -0.875. The minimum Gasteiger partial charge on any atom is -0.506 e. The summed E-state index contributed by atoms with van der Waals surface area (Å²) in [6.45, 7) is 2.30. The Hall–Kier alpha value is -2.36. The first kappa shape index (κ1) is 13.6. The molecule has 0 atom stereocenters. The third kappa shape index (κ3) is 2.37. The first-order chi connectivity index (χ1) is 10.1. The highest BCUT2D eigenvalue weighted by atomic mass is 19.1. The molecule has 0 bridgehead atoms. The topological polar surface area (TPSA) is 40.5 Å². The van der Waals surface area contributed by atoms with E-state index in [1.54, 1.807) is 24.3 Å². The number of fused-ring (bicyclic) bond motifs is 1. The molecule has 1 amide bonds. The standard InChI is InChI=1S/C17H16FNO2/c1-11-7-8-14(18)13(10-11)17(21)19-9-3-5-12-4-2-6-15(20)16(12)19/h2,4,6-8,10,20H,3,5,9H2,1H3. The summed E-state index contributed by atoms with van der Waals surface area (Å²) in [6, 6.07) is 9.69. The molecule has 3 rings (SSSR count). The number of aromatic hydroxyl groups is 1. The van der Waals surface area contributed by atoms with Gasteiger partial charge in [-0.2, -0.15) is 0 Å². The summed E-state index contributed by atoms with van der Waals surface area (Å²) in [5.41, 5.74) is 2.30. The van der Waals surface area contributed by atoms with Crippen molar-refractivity contribution in [3.63, 3.8) is 0 Å².